The Morgan fingerprint density at radius 1 is 1.42 bits per heavy atom. The second-order valence-electron chi connectivity index (χ2n) is 5.50. The molecular weight excluding hydrogens is 242 g/mol. The van der Waals surface area contributed by atoms with Crippen LogP contribution in [0, 0.1) is 11.8 Å². The number of fused-ring (bicyclic) bond motifs is 1. The molecule has 0 aromatic carbocycles. The number of carbonyl (C=O) groups is 1. The molecule has 2 aliphatic rings. The molecule has 3 atom stereocenters. The van der Waals surface area contributed by atoms with Crippen molar-refractivity contribution in [2.45, 2.75) is 31.8 Å². The summed E-state index contributed by atoms with van der Waals surface area (Å²) in [5.41, 5.74) is 1.05. The van der Waals surface area contributed by atoms with Gasteiger partial charge in [0.05, 0.1) is 7.11 Å². The van der Waals surface area contributed by atoms with Gasteiger partial charge < -0.3 is 4.74 Å². The Balaban J connectivity index is 1.78. The standard InChI is InChI=1S/C14H19N3O2/c1-19-14(18)13-12-4-2-3-11(12)8-17(13)7-10-5-15-9-16-6-10/h5-6,9,11-13H,2-4,7-8H2,1H3/t11-,12+,13+/m1/s1. The van der Waals surface area contributed by atoms with Gasteiger partial charge in [-0.05, 0) is 24.7 Å². The van der Waals surface area contributed by atoms with Crippen molar-refractivity contribution in [3.63, 3.8) is 0 Å². The van der Waals surface area contributed by atoms with Crippen LogP contribution in [0.4, 0.5) is 0 Å². The number of nitrogens with zero attached hydrogens (tertiary/aromatic N) is 3. The SMILES string of the molecule is COC(=O)[C@@H]1[C@H]2CCC[C@@H]2CN1Cc1cncnc1. The Labute approximate surface area is 113 Å². The number of likely N-dealkylation sites (tertiary alicyclic amines) is 1. The van der Waals surface area contributed by atoms with Crippen molar-refractivity contribution >= 4 is 5.97 Å². The maximum atomic E-state index is 12.1. The average Bonchev–Trinajstić information content (AvgIpc) is 2.99. The van der Waals surface area contributed by atoms with E-state index in [1.54, 1.807) is 0 Å². The van der Waals surface area contributed by atoms with Gasteiger partial charge in [0.25, 0.3) is 0 Å². The van der Waals surface area contributed by atoms with Gasteiger partial charge in [-0.25, -0.2) is 9.97 Å². The number of esters is 1. The lowest BCUT2D eigenvalue weighted by Crippen LogP contribution is -2.40. The molecule has 0 amide bonds. The lowest BCUT2D eigenvalue weighted by molar-refractivity contribution is -0.147. The quantitative estimate of drug-likeness (QED) is 0.766. The topological polar surface area (TPSA) is 55.3 Å². The van der Waals surface area contributed by atoms with Gasteiger partial charge in [-0.15, -0.1) is 0 Å². The number of ether oxygens (including phenoxy) is 1. The van der Waals surface area contributed by atoms with E-state index in [9.17, 15) is 4.79 Å². The predicted molar refractivity (Wildman–Crippen MR) is 69.1 cm³/mol. The molecule has 2 fully saturated rings. The van der Waals surface area contributed by atoms with E-state index in [0.717, 1.165) is 25.1 Å². The molecule has 0 N–H and O–H groups in total. The maximum absolute atomic E-state index is 12.1. The van der Waals surface area contributed by atoms with Crippen molar-refractivity contribution < 1.29 is 9.53 Å². The van der Waals surface area contributed by atoms with Crippen molar-refractivity contribution in [1.82, 2.24) is 14.9 Å². The summed E-state index contributed by atoms with van der Waals surface area (Å²) in [5.74, 6) is 1.03. The molecule has 0 bridgehead atoms. The normalized spacial score (nSPS) is 30.3. The van der Waals surface area contributed by atoms with Gasteiger partial charge >= 0.3 is 5.97 Å². The summed E-state index contributed by atoms with van der Waals surface area (Å²) in [4.78, 5) is 22.4. The van der Waals surface area contributed by atoms with Crippen LogP contribution in [0.5, 0.6) is 0 Å². The van der Waals surface area contributed by atoms with E-state index in [1.807, 2.05) is 12.4 Å². The minimum absolute atomic E-state index is 0.0855. The second kappa shape index (κ2) is 5.25. The molecule has 5 nitrogen and oxygen atoms in total. The number of rotatable bonds is 3. The Hall–Kier alpha value is -1.49. The van der Waals surface area contributed by atoms with Gasteiger partial charge in [-0.1, -0.05) is 6.42 Å². The molecule has 1 saturated heterocycles. The van der Waals surface area contributed by atoms with Gasteiger partial charge in [0.1, 0.15) is 12.4 Å². The molecule has 5 heteroatoms. The first-order chi connectivity index (χ1) is 9.29. The van der Waals surface area contributed by atoms with Crippen LogP contribution in [-0.2, 0) is 16.1 Å². The van der Waals surface area contributed by atoms with Crippen LogP contribution in [0.15, 0.2) is 18.7 Å². The molecule has 1 aromatic rings. The van der Waals surface area contributed by atoms with Crippen LogP contribution in [0.1, 0.15) is 24.8 Å². The molecular formula is C14H19N3O2. The highest BCUT2D eigenvalue weighted by Crippen LogP contribution is 2.42. The minimum atomic E-state index is -0.0914. The van der Waals surface area contributed by atoms with E-state index < -0.39 is 0 Å². The summed E-state index contributed by atoms with van der Waals surface area (Å²) >= 11 is 0. The lowest BCUT2D eigenvalue weighted by atomic mass is 9.94. The monoisotopic (exact) mass is 261 g/mol. The molecule has 2 heterocycles. The zero-order valence-corrected chi connectivity index (χ0v) is 11.2. The summed E-state index contributed by atoms with van der Waals surface area (Å²) in [7, 11) is 1.48. The van der Waals surface area contributed by atoms with Gasteiger partial charge in [-0.3, -0.25) is 9.69 Å². The fraction of sp³-hybridized carbons (Fsp3) is 0.643. The van der Waals surface area contributed by atoms with E-state index in [4.69, 9.17) is 4.74 Å². The van der Waals surface area contributed by atoms with Gasteiger partial charge in [0.2, 0.25) is 0 Å². The number of hydrogen-bond acceptors (Lipinski definition) is 5. The third-order valence-corrected chi connectivity index (χ3v) is 4.43. The average molecular weight is 261 g/mol. The zero-order chi connectivity index (χ0) is 13.2. The second-order valence-corrected chi connectivity index (χ2v) is 5.50. The van der Waals surface area contributed by atoms with Crippen LogP contribution in [-0.4, -0.2) is 40.5 Å². The lowest BCUT2D eigenvalue weighted by Gasteiger charge is -2.25. The largest absolute Gasteiger partial charge is 0.468 e. The zero-order valence-electron chi connectivity index (χ0n) is 11.2. The molecule has 102 valence electrons. The van der Waals surface area contributed by atoms with Crippen LogP contribution < -0.4 is 0 Å². The van der Waals surface area contributed by atoms with Crippen LogP contribution in [0.25, 0.3) is 0 Å². The Kier molecular flexibility index (Phi) is 3.46. The summed E-state index contributed by atoms with van der Waals surface area (Å²) < 4.78 is 5.00. The summed E-state index contributed by atoms with van der Waals surface area (Å²) in [6.45, 7) is 1.72. The summed E-state index contributed by atoms with van der Waals surface area (Å²) in [5, 5.41) is 0. The Bertz CT molecular complexity index is 451. The first kappa shape index (κ1) is 12.5. The van der Waals surface area contributed by atoms with Gasteiger partial charge in [0.15, 0.2) is 0 Å². The summed E-state index contributed by atoms with van der Waals surface area (Å²) in [6, 6.07) is -0.0855. The van der Waals surface area contributed by atoms with Crippen LogP contribution in [0.2, 0.25) is 0 Å². The van der Waals surface area contributed by atoms with Crippen LogP contribution >= 0.6 is 0 Å². The Morgan fingerprint density at radius 2 is 2.21 bits per heavy atom. The third-order valence-electron chi connectivity index (χ3n) is 4.43. The fourth-order valence-corrected chi connectivity index (χ4v) is 3.65. The van der Waals surface area contributed by atoms with E-state index >= 15 is 0 Å². The smallest absolute Gasteiger partial charge is 0.323 e. The molecule has 1 aliphatic heterocycles. The van der Waals surface area contributed by atoms with Crippen molar-refractivity contribution in [3.05, 3.63) is 24.3 Å². The third kappa shape index (κ3) is 2.34. The fourth-order valence-electron chi connectivity index (χ4n) is 3.65. The molecule has 1 saturated carbocycles. The predicted octanol–water partition coefficient (Wildman–Crippen LogP) is 1.25. The van der Waals surface area contributed by atoms with Crippen molar-refractivity contribution in [3.8, 4) is 0 Å². The highest BCUT2D eigenvalue weighted by atomic mass is 16.5. The van der Waals surface area contributed by atoms with Gasteiger partial charge in [-0.2, -0.15) is 0 Å². The summed E-state index contributed by atoms with van der Waals surface area (Å²) in [6.07, 6.45) is 8.78. The van der Waals surface area contributed by atoms with Gasteiger partial charge in [0, 0.05) is 31.0 Å². The van der Waals surface area contributed by atoms with Crippen molar-refractivity contribution in [2.24, 2.45) is 11.8 Å². The number of carbonyl (C=O) groups excluding carboxylic acids is 1. The van der Waals surface area contributed by atoms with Crippen molar-refractivity contribution in [2.75, 3.05) is 13.7 Å². The number of aromatic nitrogens is 2. The number of methoxy groups -OCH3 is 1. The highest BCUT2D eigenvalue weighted by molar-refractivity contribution is 5.76. The first-order valence-electron chi connectivity index (χ1n) is 6.85. The van der Waals surface area contributed by atoms with Crippen LogP contribution in [0.3, 0.4) is 0 Å². The first-order valence-corrected chi connectivity index (χ1v) is 6.85. The minimum Gasteiger partial charge on any atom is -0.468 e. The van der Waals surface area contributed by atoms with E-state index in [2.05, 4.69) is 14.9 Å². The molecule has 0 unspecified atom stereocenters. The van der Waals surface area contributed by atoms with E-state index in [0.29, 0.717) is 11.8 Å². The molecule has 1 aromatic heterocycles. The molecule has 1 aliphatic carbocycles. The molecule has 3 rings (SSSR count). The van der Waals surface area contributed by atoms with Crippen molar-refractivity contribution in [1.29, 1.82) is 0 Å². The number of hydrogen-bond donors (Lipinski definition) is 0. The van der Waals surface area contributed by atoms with E-state index in [1.165, 1.54) is 26.3 Å². The molecule has 0 spiro atoms. The molecule has 0 radical (unpaired) electrons. The molecule has 19 heavy (non-hydrogen) atoms. The highest BCUT2D eigenvalue weighted by Gasteiger charge is 2.47. The van der Waals surface area contributed by atoms with E-state index in [-0.39, 0.29) is 12.0 Å². The maximum Gasteiger partial charge on any atom is 0.323 e. The Morgan fingerprint density at radius 3 is 2.95 bits per heavy atom.